The molecule has 664 valence electrons. The van der Waals surface area contributed by atoms with E-state index in [4.69, 9.17) is 0 Å². The van der Waals surface area contributed by atoms with Crippen LogP contribution in [0, 0.1) is 16.7 Å². The molecule has 7 fully saturated rings. The van der Waals surface area contributed by atoms with Crippen LogP contribution < -0.4 is 20.9 Å². The van der Waals surface area contributed by atoms with Gasteiger partial charge in [0.25, 0.3) is 0 Å². The van der Waals surface area contributed by atoms with Crippen molar-refractivity contribution in [2.24, 2.45) is 16.7 Å². The van der Waals surface area contributed by atoms with Crippen LogP contribution in [0.5, 0.6) is 0 Å². The zero-order valence-electron chi connectivity index (χ0n) is 73.8. The Hall–Kier alpha value is -9.31. The molecule has 12 aliphatic rings. The maximum atomic E-state index is 13.9. The second kappa shape index (κ2) is 37.3. The number of amides is 12. The molecule has 10 aliphatic heterocycles. The van der Waals surface area contributed by atoms with E-state index in [9.17, 15) is 43.2 Å². The molecule has 0 saturated carbocycles. The molecule has 0 radical (unpaired) electrons. The van der Waals surface area contributed by atoms with E-state index in [1.807, 2.05) is 82.8 Å². The fraction of sp³-hybridized carbons (Fsp3) is 0.546. The average Bonchev–Trinajstić information content (AvgIpc) is 1.57. The summed E-state index contributed by atoms with van der Waals surface area (Å²) in [6.07, 6.45) is 13.3. The topological polar surface area (TPSA) is 238 Å². The van der Waals surface area contributed by atoms with Gasteiger partial charge in [0.15, 0.2) is 0 Å². The lowest BCUT2D eigenvalue weighted by Gasteiger charge is -2.40. The monoisotopic (exact) mass is 1740 g/mol. The van der Waals surface area contributed by atoms with Crippen molar-refractivity contribution in [2.75, 3.05) is 120 Å². The standard InChI is InChI=1S/C33H42N4O3S.C32H43N7O3S.C32H40N4O3S.2H2/c1-32(2,3)17-21-37-30(39)28(41-33(37)16-12-23-8-4-6-10-26(23)33)22-29(38)35-18-14-25(15-19-35)36-20-13-24-9-5-7-11-27(24)34-31(36)40;1-22(2)20-39-30(41)27(43-31(39)25-8-4-5-9-26(25)36-17-15-35(3)16-18-36)19-28(40)37-13-10-24(11-14-37)38-21-23-7-6-12-33-29(23)34-32(38)42;1-31(2,3)16-19-36-29(38)27(40-32(36)15-12-22-8-4-6-10-25(22)32)20-28(37)34-17-13-24(14-18-34)35-21-23-9-5-7-11-26(23)33-30(35)39;;/h4-11,25,28H,12-22H2,1-3H3,(H,34,40);4-9,12,22,24,27,31H,10-11,13-21H2,1-3H3,(H,33,34,42);4-11,24,27H,12-21H2,1-3H3,(H,33,39);2*1H. The highest BCUT2D eigenvalue weighted by molar-refractivity contribution is 8.02. The Morgan fingerprint density at radius 2 is 0.895 bits per heavy atom. The highest BCUT2D eigenvalue weighted by Crippen LogP contribution is 2.59. The lowest BCUT2D eigenvalue weighted by atomic mass is 9.91. The van der Waals surface area contributed by atoms with Crippen LogP contribution in [0.2, 0.25) is 0 Å². The van der Waals surface area contributed by atoms with E-state index in [0.29, 0.717) is 90.3 Å². The zero-order valence-corrected chi connectivity index (χ0v) is 76.2. The van der Waals surface area contributed by atoms with E-state index in [-0.39, 0.29) is 130 Å². The van der Waals surface area contributed by atoms with Crippen molar-refractivity contribution in [3.63, 3.8) is 0 Å². The largest absolute Gasteiger partial charge is 0.369 e. The number of para-hydroxylation sites is 3. The number of fused-ring (bicyclic) bond motifs is 7. The number of benzene rings is 5. The van der Waals surface area contributed by atoms with E-state index >= 15 is 0 Å². The summed E-state index contributed by atoms with van der Waals surface area (Å²) in [7, 11) is 2.16. The summed E-state index contributed by atoms with van der Waals surface area (Å²) in [5.74, 6) is 1.38. The molecule has 24 nitrogen and oxygen atoms in total. The number of aromatic nitrogens is 1. The first-order valence-electron chi connectivity index (χ1n) is 45.4. The zero-order chi connectivity index (χ0) is 86.9. The Morgan fingerprint density at radius 1 is 0.468 bits per heavy atom. The number of pyridine rings is 1. The van der Waals surface area contributed by atoms with Crippen molar-refractivity contribution >= 4 is 112 Å². The number of likely N-dealkylation sites (N-methyl/N-ethyl adjacent to an activating group) is 1. The molecule has 7 saturated heterocycles. The first-order valence-corrected chi connectivity index (χ1v) is 48.1. The van der Waals surface area contributed by atoms with Gasteiger partial charge in [0.05, 0.1) is 22.3 Å². The Labute approximate surface area is 747 Å². The molecule has 1 aromatic heterocycles. The number of hydrogen-bond donors (Lipinski definition) is 3. The summed E-state index contributed by atoms with van der Waals surface area (Å²) in [6.45, 7) is 29.1. The number of urea groups is 3. The minimum Gasteiger partial charge on any atom is -0.369 e. The molecule has 6 aromatic rings. The highest BCUT2D eigenvalue weighted by atomic mass is 32.2. The number of nitrogens with zero attached hydrogens (tertiary/aromatic N) is 12. The fourth-order valence-electron chi connectivity index (χ4n) is 20.4. The van der Waals surface area contributed by atoms with Crippen LogP contribution in [0.1, 0.15) is 192 Å². The van der Waals surface area contributed by atoms with E-state index in [0.717, 1.165) is 138 Å². The number of likely N-dealkylation sites (tertiary alicyclic amines) is 3. The Kier molecular flexibility index (Phi) is 26.5. The maximum Gasteiger partial charge on any atom is 0.323 e. The third-order valence-electron chi connectivity index (χ3n) is 27.5. The second-order valence-corrected chi connectivity index (χ2v) is 42.9. The van der Waals surface area contributed by atoms with Crippen molar-refractivity contribution in [1.82, 2.24) is 54.0 Å². The predicted molar refractivity (Wildman–Crippen MR) is 497 cm³/mol. The normalized spacial score (nSPS) is 24.4. The van der Waals surface area contributed by atoms with Crippen LogP contribution >= 0.6 is 35.3 Å². The second-order valence-electron chi connectivity index (χ2n) is 38.7. The van der Waals surface area contributed by atoms with Crippen LogP contribution in [0.4, 0.5) is 37.3 Å². The van der Waals surface area contributed by atoms with Gasteiger partial charge in [-0.1, -0.05) is 165 Å². The smallest absolute Gasteiger partial charge is 0.323 e. The van der Waals surface area contributed by atoms with Crippen LogP contribution in [-0.2, 0) is 70.9 Å². The molecule has 18 rings (SSSR count). The summed E-state index contributed by atoms with van der Waals surface area (Å²) in [4.78, 5) is 147. The van der Waals surface area contributed by atoms with Crippen molar-refractivity contribution in [1.29, 1.82) is 0 Å². The van der Waals surface area contributed by atoms with E-state index in [2.05, 4.69) is 188 Å². The number of nitrogens with one attached hydrogen (secondary N) is 3. The predicted octanol–water partition coefficient (Wildman–Crippen LogP) is 15.6. The Bertz CT molecular complexity index is 4960. The number of carbonyl (C=O) groups is 9. The fourth-order valence-corrected chi connectivity index (χ4v) is 25.5. The molecule has 11 heterocycles. The van der Waals surface area contributed by atoms with Gasteiger partial charge in [-0.3, -0.25) is 34.1 Å². The first-order chi connectivity index (χ1) is 59.6. The molecule has 5 aromatic carbocycles. The van der Waals surface area contributed by atoms with Gasteiger partial charge in [0, 0.05) is 173 Å². The molecule has 2 aliphatic carbocycles. The van der Waals surface area contributed by atoms with Crippen molar-refractivity contribution in [3.05, 3.63) is 184 Å². The van der Waals surface area contributed by atoms with Crippen LogP contribution in [0.15, 0.2) is 140 Å². The summed E-state index contributed by atoms with van der Waals surface area (Å²) < 4.78 is 0. The number of aryl methyl sites for hydroxylation is 2. The molecule has 27 heteroatoms. The molecule has 6 atom stereocenters. The third-order valence-corrected chi connectivity index (χ3v) is 32.3. The number of thioether (sulfide) groups is 3. The molecule has 6 unspecified atom stereocenters. The van der Waals surface area contributed by atoms with Gasteiger partial charge in [-0.25, -0.2) is 19.4 Å². The SMILES string of the molecule is CC(C)(C)CCN1C(=O)C(CC(=O)N2CCC(N3CCc4ccccc4NC3=O)CC2)SC12CCc1ccccc12.CC(C)(C)CCN1C(=O)C(CC(=O)N2CCC(N3Cc4ccccc4NC3=O)CC2)SC12CCc1ccccc12.CC(C)CN1C(=O)C(CC(=O)N2CCC(N3Cc4cccnc4NC3=O)CC2)SC1c1ccccc1N1CCN(C)CC1.[HH].[HH]. The highest BCUT2D eigenvalue weighted by Gasteiger charge is 2.58. The summed E-state index contributed by atoms with van der Waals surface area (Å²) >= 11 is 5.05. The van der Waals surface area contributed by atoms with Crippen molar-refractivity contribution in [3.8, 4) is 0 Å². The molecule has 124 heavy (non-hydrogen) atoms. The van der Waals surface area contributed by atoms with Gasteiger partial charge in [-0.2, -0.15) is 0 Å². The van der Waals surface area contributed by atoms with Gasteiger partial charge in [-0.05, 0) is 165 Å². The summed E-state index contributed by atoms with van der Waals surface area (Å²) in [6, 6.07) is 45.3. The van der Waals surface area contributed by atoms with Crippen molar-refractivity contribution < 1.29 is 46.0 Å². The number of piperazine rings is 1. The number of piperidine rings is 3. The molecule has 2 spiro atoms. The number of hydrogen-bond acceptors (Lipinski definition) is 15. The number of anilines is 4. The molecular formula is C97H129N15O9S3. The molecule has 12 amide bonds. The summed E-state index contributed by atoms with van der Waals surface area (Å²) in [5, 5.41) is 7.76. The quantitative estimate of drug-likeness (QED) is 0.0770. The lowest BCUT2D eigenvalue weighted by Crippen LogP contribution is -2.51. The van der Waals surface area contributed by atoms with E-state index in [1.165, 1.54) is 33.5 Å². The van der Waals surface area contributed by atoms with Gasteiger partial charge >= 0.3 is 18.1 Å². The Balaban J connectivity index is 0.000000152. The lowest BCUT2D eigenvalue weighted by molar-refractivity contribution is -0.138. The third kappa shape index (κ3) is 19.0. The van der Waals surface area contributed by atoms with E-state index in [1.54, 1.807) is 41.5 Å². The van der Waals surface area contributed by atoms with E-state index < -0.39 is 5.25 Å². The van der Waals surface area contributed by atoms with Gasteiger partial charge < -0.3 is 64.5 Å². The maximum absolute atomic E-state index is 13.9. The van der Waals surface area contributed by atoms with Gasteiger partial charge in [0.1, 0.15) is 20.9 Å². The number of carbonyl (C=O) groups excluding carboxylic acids is 9. The van der Waals surface area contributed by atoms with Gasteiger partial charge in [0.2, 0.25) is 35.4 Å². The molecular weight excluding hydrogens is 1620 g/mol. The van der Waals surface area contributed by atoms with Crippen LogP contribution in [0.25, 0.3) is 0 Å². The van der Waals surface area contributed by atoms with Crippen LogP contribution in [-0.4, -0.2) is 240 Å². The minimum absolute atomic E-state index is 0. The van der Waals surface area contributed by atoms with Crippen molar-refractivity contribution in [2.45, 2.75) is 220 Å². The first kappa shape index (κ1) is 88.1. The van der Waals surface area contributed by atoms with Crippen LogP contribution in [0.3, 0.4) is 0 Å². The number of rotatable bonds is 17. The van der Waals surface area contributed by atoms with Gasteiger partial charge in [-0.15, -0.1) is 35.3 Å². The minimum atomic E-state index is -0.397. The average molecular weight is 1750 g/mol. The summed E-state index contributed by atoms with van der Waals surface area (Å²) in [5.41, 5.74) is 12.8. The molecule has 0 bridgehead atoms. The Morgan fingerprint density at radius 3 is 1.41 bits per heavy atom. The molecule has 3 N–H and O–H groups in total.